The summed E-state index contributed by atoms with van der Waals surface area (Å²) in [5, 5.41) is 16.7. The summed E-state index contributed by atoms with van der Waals surface area (Å²) in [4.78, 5) is 0. The van der Waals surface area contributed by atoms with Gasteiger partial charge in [0.2, 0.25) is 5.16 Å². The minimum atomic E-state index is 0.492. The largest absolute Gasteiger partial charge is 0.313 e. The molecule has 1 aliphatic carbocycles. The highest BCUT2D eigenvalue weighted by Gasteiger charge is 2.28. The molecule has 1 unspecified atom stereocenters. The summed E-state index contributed by atoms with van der Waals surface area (Å²) in [7, 11) is 0. The molecule has 1 aromatic rings. The Morgan fingerprint density at radius 1 is 1.44 bits per heavy atom. The first-order valence-corrected chi connectivity index (χ1v) is 6.72. The maximum Gasteiger partial charge on any atom is 0.209 e. The molecule has 0 amide bonds. The molecular formula is C10H19N5S. The molecule has 0 spiro atoms. The van der Waals surface area contributed by atoms with Crippen molar-refractivity contribution in [2.75, 3.05) is 6.54 Å². The molecule has 1 atom stereocenters. The predicted molar refractivity (Wildman–Crippen MR) is 64.5 cm³/mol. The van der Waals surface area contributed by atoms with Crippen molar-refractivity contribution in [3.8, 4) is 0 Å². The number of tetrazole rings is 1. The molecule has 1 heterocycles. The topological polar surface area (TPSA) is 55.6 Å². The average Bonchev–Trinajstić information content (AvgIpc) is 2.97. The molecule has 5 nitrogen and oxygen atoms in total. The monoisotopic (exact) mass is 241 g/mol. The first-order valence-electron chi connectivity index (χ1n) is 5.84. The lowest BCUT2D eigenvalue weighted by molar-refractivity contribution is 0.561. The van der Waals surface area contributed by atoms with Gasteiger partial charge >= 0.3 is 0 Å². The van der Waals surface area contributed by atoms with Gasteiger partial charge in [-0.3, -0.25) is 0 Å². The molecule has 0 aromatic carbocycles. The lowest BCUT2D eigenvalue weighted by Gasteiger charge is -2.13. The van der Waals surface area contributed by atoms with Crippen LogP contribution in [-0.4, -0.2) is 38.0 Å². The number of nitrogens with zero attached hydrogens (tertiary/aromatic N) is 4. The number of nitrogens with one attached hydrogen (secondary N) is 1. The van der Waals surface area contributed by atoms with Crippen LogP contribution in [0.15, 0.2) is 5.16 Å². The van der Waals surface area contributed by atoms with Gasteiger partial charge < -0.3 is 5.32 Å². The van der Waals surface area contributed by atoms with Gasteiger partial charge in [0.05, 0.1) is 6.04 Å². The lowest BCUT2D eigenvalue weighted by atomic mass is 10.3. The van der Waals surface area contributed by atoms with Crippen LogP contribution < -0.4 is 5.32 Å². The van der Waals surface area contributed by atoms with Crippen LogP contribution in [0.5, 0.6) is 0 Å². The van der Waals surface area contributed by atoms with Crippen molar-refractivity contribution in [3.05, 3.63) is 0 Å². The minimum Gasteiger partial charge on any atom is -0.313 e. The van der Waals surface area contributed by atoms with E-state index in [1.54, 1.807) is 11.8 Å². The Kier molecular flexibility index (Phi) is 3.81. The molecule has 90 valence electrons. The second-order valence-corrected chi connectivity index (χ2v) is 6.03. The van der Waals surface area contributed by atoms with E-state index in [-0.39, 0.29) is 0 Å². The molecule has 0 bridgehead atoms. The number of rotatable bonds is 6. The van der Waals surface area contributed by atoms with Crippen molar-refractivity contribution in [2.24, 2.45) is 0 Å². The molecule has 0 saturated heterocycles. The van der Waals surface area contributed by atoms with Gasteiger partial charge in [-0.2, -0.15) is 0 Å². The van der Waals surface area contributed by atoms with Crippen LogP contribution >= 0.6 is 11.8 Å². The maximum absolute atomic E-state index is 4.08. The molecule has 1 aliphatic rings. The number of aromatic nitrogens is 4. The first-order chi connectivity index (χ1) is 7.66. The molecular weight excluding hydrogens is 222 g/mol. The predicted octanol–water partition coefficient (Wildman–Crippen LogP) is 1.49. The Labute approximate surface area is 100 Å². The molecule has 1 N–H and O–H groups in total. The van der Waals surface area contributed by atoms with Gasteiger partial charge in [0.25, 0.3) is 0 Å². The highest BCUT2D eigenvalue weighted by atomic mass is 32.2. The van der Waals surface area contributed by atoms with Crippen molar-refractivity contribution in [1.29, 1.82) is 0 Å². The van der Waals surface area contributed by atoms with Crippen molar-refractivity contribution in [3.63, 3.8) is 0 Å². The number of hydrogen-bond donors (Lipinski definition) is 1. The van der Waals surface area contributed by atoms with Gasteiger partial charge in [0, 0.05) is 17.8 Å². The van der Waals surface area contributed by atoms with E-state index in [1.807, 2.05) is 4.68 Å². The summed E-state index contributed by atoms with van der Waals surface area (Å²) >= 11 is 1.75. The fourth-order valence-electron chi connectivity index (χ4n) is 1.43. The number of thioether (sulfide) groups is 1. The third kappa shape index (κ3) is 3.18. The average molecular weight is 241 g/mol. The van der Waals surface area contributed by atoms with Crippen molar-refractivity contribution >= 4 is 11.8 Å². The molecule has 1 aromatic heterocycles. The van der Waals surface area contributed by atoms with Crippen molar-refractivity contribution < 1.29 is 0 Å². The van der Waals surface area contributed by atoms with Crippen LogP contribution in [0.1, 0.15) is 39.7 Å². The summed E-state index contributed by atoms with van der Waals surface area (Å²) in [6, 6.07) is 1.09. The minimum absolute atomic E-state index is 0.492. The van der Waals surface area contributed by atoms with Gasteiger partial charge in [-0.1, -0.05) is 32.5 Å². The fourth-order valence-corrected chi connectivity index (χ4v) is 2.35. The third-order valence-corrected chi connectivity index (χ3v) is 3.52. The van der Waals surface area contributed by atoms with E-state index in [0.29, 0.717) is 17.3 Å². The normalized spacial score (nSPS) is 18.0. The van der Waals surface area contributed by atoms with Gasteiger partial charge in [0.1, 0.15) is 0 Å². The van der Waals surface area contributed by atoms with Gasteiger partial charge in [0.15, 0.2) is 0 Å². The smallest absolute Gasteiger partial charge is 0.209 e. The zero-order chi connectivity index (χ0) is 11.5. The summed E-state index contributed by atoms with van der Waals surface area (Å²) in [5.74, 6) is 0. The van der Waals surface area contributed by atoms with Crippen LogP contribution in [0.25, 0.3) is 0 Å². The second-order valence-electron chi connectivity index (χ2n) is 4.63. The van der Waals surface area contributed by atoms with E-state index in [4.69, 9.17) is 0 Å². The van der Waals surface area contributed by atoms with E-state index < -0.39 is 0 Å². The van der Waals surface area contributed by atoms with E-state index in [0.717, 1.165) is 11.7 Å². The second kappa shape index (κ2) is 5.14. The lowest BCUT2D eigenvalue weighted by Crippen LogP contribution is -2.29. The Balaban J connectivity index is 1.85. The SMILES string of the molecule is CC(C)NCC(C)Sc1nnnn1C1CC1. The van der Waals surface area contributed by atoms with Gasteiger partial charge in [-0.05, 0) is 23.3 Å². The Morgan fingerprint density at radius 2 is 2.19 bits per heavy atom. The van der Waals surface area contributed by atoms with Gasteiger partial charge in [-0.15, -0.1) is 5.10 Å². The van der Waals surface area contributed by atoms with E-state index >= 15 is 0 Å². The summed E-state index contributed by atoms with van der Waals surface area (Å²) in [6.45, 7) is 7.50. The molecule has 16 heavy (non-hydrogen) atoms. The van der Waals surface area contributed by atoms with Crippen molar-refractivity contribution in [2.45, 2.75) is 56.1 Å². The number of hydrogen-bond acceptors (Lipinski definition) is 5. The summed E-state index contributed by atoms with van der Waals surface area (Å²) in [5.41, 5.74) is 0. The Morgan fingerprint density at radius 3 is 2.81 bits per heavy atom. The van der Waals surface area contributed by atoms with E-state index in [2.05, 4.69) is 41.6 Å². The quantitative estimate of drug-likeness (QED) is 0.765. The molecule has 1 saturated carbocycles. The van der Waals surface area contributed by atoms with Crippen LogP contribution in [0.4, 0.5) is 0 Å². The summed E-state index contributed by atoms with van der Waals surface area (Å²) in [6.07, 6.45) is 2.44. The maximum atomic E-state index is 4.08. The third-order valence-electron chi connectivity index (χ3n) is 2.48. The van der Waals surface area contributed by atoms with Crippen molar-refractivity contribution in [1.82, 2.24) is 25.5 Å². The van der Waals surface area contributed by atoms with E-state index in [9.17, 15) is 0 Å². The first kappa shape index (κ1) is 11.9. The zero-order valence-corrected chi connectivity index (χ0v) is 10.9. The molecule has 6 heteroatoms. The van der Waals surface area contributed by atoms with Crippen LogP contribution in [0, 0.1) is 0 Å². The molecule has 1 fully saturated rings. The molecule has 0 radical (unpaired) electrons. The highest BCUT2D eigenvalue weighted by Crippen LogP contribution is 2.36. The summed E-state index contributed by atoms with van der Waals surface area (Å²) < 4.78 is 1.97. The highest BCUT2D eigenvalue weighted by molar-refractivity contribution is 7.99. The van der Waals surface area contributed by atoms with Gasteiger partial charge in [-0.25, -0.2) is 4.68 Å². The van der Waals surface area contributed by atoms with Crippen LogP contribution in [0.3, 0.4) is 0 Å². The molecule has 2 rings (SSSR count). The standard InChI is InChI=1S/C10H19N5S/c1-7(2)11-6-8(3)16-10-12-13-14-15(10)9-4-5-9/h7-9,11H,4-6H2,1-3H3. The van der Waals surface area contributed by atoms with Crippen LogP contribution in [-0.2, 0) is 0 Å². The van der Waals surface area contributed by atoms with E-state index in [1.165, 1.54) is 12.8 Å². The Bertz CT molecular complexity index is 334. The molecule has 0 aliphatic heterocycles. The Hall–Kier alpha value is -0.620. The van der Waals surface area contributed by atoms with Crippen LogP contribution in [0.2, 0.25) is 0 Å². The fraction of sp³-hybridized carbons (Fsp3) is 0.900. The zero-order valence-electron chi connectivity index (χ0n) is 10.1.